The lowest BCUT2D eigenvalue weighted by molar-refractivity contribution is -0.394. The summed E-state index contributed by atoms with van der Waals surface area (Å²) in [4.78, 5) is 25.3. The summed E-state index contributed by atoms with van der Waals surface area (Å²) < 4.78 is 12.2. The van der Waals surface area contributed by atoms with Crippen molar-refractivity contribution in [2.45, 2.75) is 0 Å². The van der Waals surface area contributed by atoms with Gasteiger partial charge in [-0.3, -0.25) is 25.2 Å². The molecule has 0 aromatic heterocycles. The molecule has 0 heterocycles. The van der Waals surface area contributed by atoms with Gasteiger partial charge in [-0.05, 0) is 58.4 Å². The normalized spacial score (nSPS) is 10.8. The van der Waals surface area contributed by atoms with E-state index in [0.29, 0.717) is 21.5 Å². The molecule has 0 atom stereocenters. The van der Waals surface area contributed by atoms with Crippen molar-refractivity contribution in [1.82, 2.24) is 0 Å². The fourth-order valence-electron chi connectivity index (χ4n) is 2.55. The number of benzene rings is 3. The summed E-state index contributed by atoms with van der Waals surface area (Å²) in [6, 6.07) is 13.7. The van der Waals surface area contributed by atoms with E-state index in [-0.39, 0.29) is 11.5 Å². The minimum atomic E-state index is -0.736. The van der Waals surface area contributed by atoms with Crippen molar-refractivity contribution in [3.05, 3.63) is 89.3 Å². The van der Waals surface area contributed by atoms with Crippen LogP contribution >= 0.6 is 31.9 Å². The van der Waals surface area contributed by atoms with E-state index in [0.717, 1.165) is 16.6 Å². The van der Waals surface area contributed by atoms with Crippen molar-refractivity contribution < 1.29 is 19.3 Å². The second-order valence-electron chi connectivity index (χ2n) is 6.03. The average Bonchev–Trinajstić information content (AvgIpc) is 2.74. The number of nitrogens with zero attached hydrogens (tertiary/aromatic N) is 3. The Balaban J connectivity index is 2.01. The van der Waals surface area contributed by atoms with Crippen LogP contribution in [0, 0.1) is 20.2 Å². The average molecular weight is 551 g/mol. The van der Waals surface area contributed by atoms with Crippen LogP contribution in [-0.4, -0.2) is 23.2 Å². The summed E-state index contributed by atoms with van der Waals surface area (Å²) in [5.74, 6) is 0.814. The van der Waals surface area contributed by atoms with E-state index < -0.39 is 21.2 Å². The van der Waals surface area contributed by atoms with E-state index in [1.54, 1.807) is 49.7 Å². The Labute approximate surface area is 192 Å². The molecule has 0 spiro atoms. The summed E-state index contributed by atoms with van der Waals surface area (Å²) >= 11 is 6.78. The Morgan fingerprint density at radius 1 is 0.968 bits per heavy atom. The van der Waals surface area contributed by atoms with Crippen LogP contribution in [0.4, 0.5) is 17.1 Å². The van der Waals surface area contributed by atoms with E-state index in [4.69, 9.17) is 9.47 Å². The van der Waals surface area contributed by atoms with Crippen molar-refractivity contribution in [3.8, 4) is 17.2 Å². The number of methoxy groups -OCH3 is 1. The molecule has 31 heavy (non-hydrogen) atoms. The Morgan fingerprint density at radius 2 is 1.68 bits per heavy atom. The first kappa shape index (κ1) is 22.4. The molecule has 0 fully saturated rings. The molecular weight excluding hydrogens is 538 g/mol. The Morgan fingerprint density at radius 3 is 2.29 bits per heavy atom. The Bertz CT molecular complexity index is 1180. The van der Waals surface area contributed by atoms with Gasteiger partial charge < -0.3 is 9.47 Å². The maximum atomic E-state index is 11.4. The van der Waals surface area contributed by atoms with Crippen molar-refractivity contribution in [2.24, 2.45) is 4.99 Å². The number of hydrogen-bond donors (Lipinski definition) is 0. The topological polar surface area (TPSA) is 117 Å². The van der Waals surface area contributed by atoms with Gasteiger partial charge in [-0.25, -0.2) is 0 Å². The molecule has 3 aromatic carbocycles. The number of nitro groups is 2. The SMILES string of the molecule is COc1ccc(N=Cc2cc(Br)cc(Br)c2Oc2ccc([N+](=O)[O-])cc2[N+](=O)[O-])cc1. The number of non-ortho nitro benzene ring substituents is 1. The first-order valence-electron chi connectivity index (χ1n) is 8.56. The molecule has 0 aliphatic heterocycles. The van der Waals surface area contributed by atoms with Crippen LogP contribution in [0.3, 0.4) is 0 Å². The predicted molar refractivity (Wildman–Crippen MR) is 122 cm³/mol. The van der Waals surface area contributed by atoms with Crippen LogP contribution in [0.5, 0.6) is 17.2 Å². The van der Waals surface area contributed by atoms with Crippen molar-refractivity contribution >= 4 is 55.1 Å². The van der Waals surface area contributed by atoms with E-state index in [1.165, 1.54) is 6.07 Å². The highest BCUT2D eigenvalue weighted by molar-refractivity contribution is 9.11. The number of halogens is 2. The van der Waals surface area contributed by atoms with Gasteiger partial charge in [0.25, 0.3) is 5.69 Å². The van der Waals surface area contributed by atoms with Gasteiger partial charge in [0.05, 0.1) is 33.2 Å². The highest BCUT2D eigenvalue weighted by Gasteiger charge is 2.23. The minimum absolute atomic E-state index is 0.141. The zero-order valence-electron chi connectivity index (χ0n) is 15.8. The van der Waals surface area contributed by atoms with Crippen LogP contribution < -0.4 is 9.47 Å². The van der Waals surface area contributed by atoms with Crippen LogP contribution in [-0.2, 0) is 0 Å². The maximum Gasteiger partial charge on any atom is 0.318 e. The molecule has 0 aliphatic rings. The summed E-state index contributed by atoms with van der Waals surface area (Å²) in [5.41, 5.74) is 0.242. The molecule has 9 nitrogen and oxygen atoms in total. The molecule has 0 saturated carbocycles. The van der Waals surface area contributed by atoms with Crippen LogP contribution in [0.2, 0.25) is 0 Å². The van der Waals surface area contributed by atoms with Gasteiger partial charge in [0, 0.05) is 22.3 Å². The zero-order chi connectivity index (χ0) is 22.5. The molecule has 0 N–H and O–H groups in total. The van der Waals surface area contributed by atoms with Crippen molar-refractivity contribution in [2.75, 3.05) is 7.11 Å². The third kappa shape index (κ3) is 5.44. The van der Waals surface area contributed by atoms with Crippen LogP contribution in [0.25, 0.3) is 0 Å². The number of ether oxygens (including phenoxy) is 2. The molecule has 158 valence electrons. The quantitative estimate of drug-likeness (QED) is 0.186. The molecule has 0 amide bonds. The molecule has 0 unspecified atom stereocenters. The van der Waals surface area contributed by atoms with Crippen LogP contribution in [0.1, 0.15) is 5.56 Å². The van der Waals surface area contributed by atoms with E-state index in [2.05, 4.69) is 36.9 Å². The summed E-state index contributed by atoms with van der Waals surface area (Å²) in [6.45, 7) is 0. The largest absolute Gasteiger partial charge is 0.497 e. The summed E-state index contributed by atoms with van der Waals surface area (Å²) in [5, 5.41) is 22.4. The second kappa shape index (κ2) is 9.67. The zero-order valence-corrected chi connectivity index (χ0v) is 19.0. The number of rotatable bonds is 7. The molecule has 0 radical (unpaired) electrons. The fraction of sp³-hybridized carbons (Fsp3) is 0.0500. The summed E-state index contributed by atoms with van der Waals surface area (Å²) in [7, 11) is 1.57. The lowest BCUT2D eigenvalue weighted by atomic mass is 10.2. The third-order valence-electron chi connectivity index (χ3n) is 4.02. The smallest absolute Gasteiger partial charge is 0.318 e. The van der Waals surface area contributed by atoms with Gasteiger partial charge >= 0.3 is 5.69 Å². The van der Waals surface area contributed by atoms with Gasteiger partial charge in [0.1, 0.15) is 5.75 Å². The number of nitro benzene ring substituents is 2. The van der Waals surface area contributed by atoms with E-state index in [1.807, 2.05) is 0 Å². The van der Waals surface area contributed by atoms with Crippen molar-refractivity contribution in [3.63, 3.8) is 0 Å². The molecule has 0 saturated heterocycles. The van der Waals surface area contributed by atoms with Gasteiger partial charge in [0.2, 0.25) is 5.75 Å². The lowest BCUT2D eigenvalue weighted by Gasteiger charge is -2.12. The van der Waals surface area contributed by atoms with E-state index in [9.17, 15) is 20.2 Å². The second-order valence-corrected chi connectivity index (χ2v) is 7.80. The highest BCUT2D eigenvalue weighted by Crippen LogP contribution is 2.40. The molecule has 3 aromatic rings. The molecule has 11 heteroatoms. The van der Waals surface area contributed by atoms with Gasteiger partial charge in [-0.2, -0.15) is 0 Å². The van der Waals surface area contributed by atoms with E-state index >= 15 is 0 Å². The third-order valence-corrected chi connectivity index (χ3v) is 5.07. The maximum absolute atomic E-state index is 11.4. The molecule has 0 bridgehead atoms. The van der Waals surface area contributed by atoms with Gasteiger partial charge in [0.15, 0.2) is 5.75 Å². The number of hydrogen-bond acceptors (Lipinski definition) is 7. The monoisotopic (exact) mass is 549 g/mol. The van der Waals surface area contributed by atoms with Crippen molar-refractivity contribution in [1.29, 1.82) is 0 Å². The Hall–Kier alpha value is -3.31. The predicted octanol–water partition coefficient (Wildman–Crippen LogP) is 6.58. The highest BCUT2D eigenvalue weighted by atomic mass is 79.9. The molecular formula is C20H13Br2N3O6. The molecule has 0 aliphatic carbocycles. The van der Waals surface area contributed by atoms with Gasteiger partial charge in [-0.1, -0.05) is 15.9 Å². The standard InChI is InChI=1S/C20H13Br2N3O6/c1-30-16-5-2-14(3-6-16)23-11-12-8-13(21)9-17(22)20(12)31-19-7-4-15(24(26)27)10-18(19)25(28)29/h2-11H,1H3. The van der Waals surface area contributed by atoms with Gasteiger partial charge in [-0.15, -0.1) is 0 Å². The molecule has 3 rings (SSSR count). The minimum Gasteiger partial charge on any atom is -0.497 e. The fourth-order valence-corrected chi connectivity index (χ4v) is 3.89. The summed E-state index contributed by atoms with van der Waals surface area (Å²) in [6.07, 6.45) is 1.55. The Kier molecular flexibility index (Phi) is 6.98. The number of aliphatic imine (C=N–C) groups is 1. The van der Waals surface area contributed by atoms with Crippen LogP contribution in [0.15, 0.2) is 68.5 Å². The first-order chi connectivity index (χ1) is 14.8. The first-order valence-corrected chi connectivity index (χ1v) is 10.1. The lowest BCUT2D eigenvalue weighted by Crippen LogP contribution is -1.98.